The number of thiazole rings is 1. The molecule has 1 aromatic heterocycles. The smallest absolute Gasteiger partial charge is 0.270 e. The summed E-state index contributed by atoms with van der Waals surface area (Å²) in [5.74, 6) is -0.667. The predicted octanol–water partition coefficient (Wildman–Crippen LogP) is 1.10. The van der Waals surface area contributed by atoms with Crippen molar-refractivity contribution in [3.63, 3.8) is 0 Å². The van der Waals surface area contributed by atoms with Gasteiger partial charge in [-0.1, -0.05) is 17.3 Å². The van der Waals surface area contributed by atoms with Gasteiger partial charge in [-0.25, -0.2) is 8.42 Å². The number of aromatic nitrogens is 1. The largest absolute Gasteiger partial charge is 0.342 e. The van der Waals surface area contributed by atoms with Gasteiger partial charge in [-0.15, -0.1) is 6.42 Å². The quantitative estimate of drug-likeness (QED) is 0.357. The number of carbonyl (C=O) groups is 2. The highest BCUT2D eigenvalue weighted by atomic mass is 32.2. The first kappa shape index (κ1) is 22.6. The molecule has 12 heteroatoms. The first-order valence-corrected chi connectivity index (χ1v) is 12.1. The minimum Gasteiger partial charge on any atom is -0.342 e. The molecular formula is C19H20N4O6S2. The Morgan fingerprint density at radius 3 is 2.58 bits per heavy atom. The first-order valence-electron chi connectivity index (χ1n) is 9.47. The molecule has 0 saturated carbocycles. The standard InChI is InChI=1S/C19H20N4O6S2/c1-2-8-22-15-7-6-14(23(26)27)11-16(15)30-19(22)20-17(24)12-31(28,29)13-18(25)21-9-4-3-5-10-21/h1,6-7,11H,3-5,8-10,12-13H2. The maximum atomic E-state index is 12.4. The molecule has 0 unspecified atom stereocenters. The molecule has 1 aliphatic rings. The fraction of sp³-hybridized carbons (Fsp3) is 0.421. The van der Waals surface area contributed by atoms with Crippen molar-refractivity contribution in [2.24, 2.45) is 4.99 Å². The second-order valence-corrected chi connectivity index (χ2v) is 10.1. The number of piperidine rings is 1. The zero-order valence-electron chi connectivity index (χ0n) is 16.5. The van der Waals surface area contributed by atoms with Gasteiger partial charge in [-0.05, 0) is 25.3 Å². The summed E-state index contributed by atoms with van der Waals surface area (Å²) in [6.45, 7) is 1.09. The molecule has 1 aliphatic heterocycles. The fourth-order valence-corrected chi connectivity index (χ4v) is 5.49. The fourth-order valence-electron chi connectivity index (χ4n) is 3.31. The van der Waals surface area contributed by atoms with Crippen LogP contribution in [-0.2, 0) is 26.0 Å². The normalized spacial score (nSPS) is 15.1. The lowest BCUT2D eigenvalue weighted by atomic mass is 10.1. The molecule has 10 nitrogen and oxygen atoms in total. The average molecular weight is 465 g/mol. The van der Waals surface area contributed by atoms with E-state index in [1.165, 1.54) is 27.7 Å². The van der Waals surface area contributed by atoms with Gasteiger partial charge in [-0.2, -0.15) is 4.99 Å². The van der Waals surface area contributed by atoms with Crippen LogP contribution >= 0.6 is 11.3 Å². The lowest BCUT2D eigenvalue weighted by molar-refractivity contribution is -0.384. The minimum atomic E-state index is -3.99. The summed E-state index contributed by atoms with van der Waals surface area (Å²) in [6, 6.07) is 4.15. The second-order valence-electron chi connectivity index (χ2n) is 7.06. The molecule has 1 saturated heterocycles. The highest BCUT2D eigenvalue weighted by Crippen LogP contribution is 2.23. The summed E-state index contributed by atoms with van der Waals surface area (Å²) in [4.78, 5) is 40.5. The van der Waals surface area contributed by atoms with Crippen LogP contribution in [0.5, 0.6) is 0 Å². The molecule has 0 aliphatic carbocycles. The molecule has 31 heavy (non-hydrogen) atoms. The summed E-state index contributed by atoms with van der Waals surface area (Å²) >= 11 is 0.992. The van der Waals surface area contributed by atoms with Crippen molar-refractivity contribution in [3.8, 4) is 12.3 Å². The average Bonchev–Trinajstić information content (AvgIpc) is 3.04. The number of rotatable bonds is 6. The van der Waals surface area contributed by atoms with Crippen LogP contribution in [0.15, 0.2) is 23.2 Å². The highest BCUT2D eigenvalue weighted by Gasteiger charge is 2.25. The van der Waals surface area contributed by atoms with Crippen LogP contribution in [0.2, 0.25) is 0 Å². The van der Waals surface area contributed by atoms with Gasteiger partial charge in [-0.3, -0.25) is 19.7 Å². The van der Waals surface area contributed by atoms with Crippen LogP contribution in [0.4, 0.5) is 5.69 Å². The Labute approximate surface area is 182 Å². The van der Waals surface area contributed by atoms with Gasteiger partial charge < -0.3 is 9.47 Å². The van der Waals surface area contributed by atoms with E-state index in [-0.39, 0.29) is 17.0 Å². The SMILES string of the molecule is C#CCn1c(=NC(=O)CS(=O)(=O)CC(=O)N2CCCCC2)sc2cc([N+](=O)[O-])ccc21. The van der Waals surface area contributed by atoms with Crippen molar-refractivity contribution >= 4 is 48.9 Å². The zero-order valence-corrected chi connectivity index (χ0v) is 18.2. The topological polar surface area (TPSA) is 132 Å². The number of likely N-dealkylation sites (tertiary alicyclic amines) is 1. The summed E-state index contributed by atoms with van der Waals surface area (Å²) in [5.41, 5.74) is 0.418. The molecule has 0 radical (unpaired) electrons. The molecule has 0 N–H and O–H groups in total. The van der Waals surface area contributed by atoms with Crippen molar-refractivity contribution in [1.29, 1.82) is 0 Å². The van der Waals surface area contributed by atoms with E-state index in [9.17, 15) is 28.1 Å². The predicted molar refractivity (Wildman–Crippen MR) is 115 cm³/mol. The van der Waals surface area contributed by atoms with Crippen LogP contribution in [0.1, 0.15) is 19.3 Å². The van der Waals surface area contributed by atoms with Gasteiger partial charge in [0.1, 0.15) is 11.5 Å². The van der Waals surface area contributed by atoms with Gasteiger partial charge in [0, 0.05) is 25.2 Å². The summed E-state index contributed by atoms with van der Waals surface area (Å²) in [6.07, 6.45) is 8.05. The number of amides is 2. The van der Waals surface area contributed by atoms with Crippen molar-refractivity contribution in [1.82, 2.24) is 9.47 Å². The number of nitro groups is 1. The van der Waals surface area contributed by atoms with E-state index in [1.54, 1.807) is 0 Å². The summed E-state index contributed by atoms with van der Waals surface area (Å²) in [7, 11) is -3.99. The van der Waals surface area contributed by atoms with Gasteiger partial charge >= 0.3 is 0 Å². The highest BCUT2D eigenvalue weighted by molar-refractivity contribution is 7.92. The molecule has 2 aromatic rings. The molecule has 2 amide bonds. The summed E-state index contributed by atoms with van der Waals surface area (Å²) < 4.78 is 26.7. The van der Waals surface area contributed by atoms with E-state index in [0.29, 0.717) is 23.3 Å². The number of fused-ring (bicyclic) bond motifs is 1. The van der Waals surface area contributed by atoms with Crippen molar-refractivity contribution in [2.75, 3.05) is 24.6 Å². The van der Waals surface area contributed by atoms with E-state index in [1.807, 2.05) is 0 Å². The number of terminal acetylenes is 1. The van der Waals surface area contributed by atoms with Gasteiger partial charge in [0.25, 0.3) is 11.6 Å². The monoisotopic (exact) mass is 464 g/mol. The van der Waals surface area contributed by atoms with Crippen LogP contribution in [-0.4, -0.2) is 59.2 Å². The molecule has 0 atom stereocenters. The van der Waals surface area contributed by atoms with Crippen molar-refractivity contribution in [3.05, 3.63) is 33.1 Å². The Morgan fingerprint density at radius 1 is 1.23 bits per heavy atom. The van der Waals surface area contributed by atoms with Crippen LogP contribution in [0.3, 0.4) is 0 Å². The number of carbonyl (C=O) groups excluding carboxylic acids is 2. The van der Waals surface area contributed by atoms with E-state index in [0.717, 1.165) is 30.6 Å². The number of hydrogen-bond donors (Lipinski definition) is 0. The third-order valence-electron chi connectivity index (χ3n) is 4.74. The number of nitrogens with zero attached hydrogens (tertiary/aromatic N) is 4. The molecule has 3 rings (SSSR count). The maximum absolute atomic E-state index is 12.4. The third kappa shape index (κ3) is 5.56. The molecule has 2 heterocycles. The van der Waals surface area contributed by atoms with Crippen molar-refractivity contribution < 1.29 is 22.9 Å². The van der Waals surface area contributed by atoms with Gasteiger partial charge in [0.05, 0.1) is 21.7 Å². The van der Waals surface area contributed by atoms with E-state index in [2.05, 4.69) is 10.9 Å². The lowest BCUT2D eigenvalue weighted by Gasteiger charge is -2.26. The molecular weight excluding hydrogens is 444 g/mol. The zero-order chi connectivity index (χ0) is 22.6. The lowest BCUT2D eigenvalue weighted by Crippen LogP contribution is -2.40. The number of hydrogen-bond acceptors (Lipinski definition) is 7. The summed E-state index contributed by atoms with van der Waals surface area (Å²) in [5, 5.41) is 11.0. The Bertz CT molecular complexity index is 1250. The molecule has 1 fully saturated rings. The Hall–Kier alpha value is -3.04. The van der Waals surface area contributed by atoms with Gasteiger partial charge in [0.15, 0.2) is 14.6 Å². The first-order chi connectivity index (χ1) is 14.7. The van der Waals surface area contributed by atoms with Crippen LogP contribution < -0.4 is 4.80 Å². The Kier molecular flexibility index (Phi) is 6.87. The number of non-ortho nitro benzene ring substituents is 1. The van der Waals surface area contributed by atoms with E-state index >= 15 is 0 Å². The van der Waals surface area contributed by atoms with Crippen LogP contribution in [0, 0.1) is 22.5 Å². The van der Waals surface area contributed by atoms with Crippen LogP contribution in [0.25, 0.3) is 10.2 Å². The maximum Gasteiger partial charge on any atom is 0.270 e. The number of benzene rings is 1. The molecule has 0 bridgehead atoms. The Balaban J connectivity index is 1.83. The molecule has 1 aromatic carbocycles. The third-order valence-corrected chi connectivity index (χ3v) is 7.16. The number of nitro benzene ring substituents is 1. The number of sulfone groups is 1. The second kappa shape index (κ2) is 9.40. The van der Waals surface area contributed by atoms with Crippen molar-refractivity contribution in [2.45, 2.75) is 25.8 Å². The minimum absolute atomic E-state index is 0.0458. The molecule has 0 spiro atoms. The van der Waals surface area contributed by atoms with E-state index in [4.69, 9.17) is 6.42 Å². The Morgan fingerprint density at radius 2 is 1.94 bits per heavy atom. The molecule has 164 valence electrons. The van der Waals surface area contributed by atoms with E-state index < -0.39 is 38.1 Å². The van der Waals surface area contributed by atoms with Gasteiger partial charge in [0.2, 0.25) is 5.91 Å².